The van der Waals surface area contributed by atoms with Crippen molar-refractivity contribution in [2.24, 2.45) is 0 Å². The summed E-state index contributed by atoms with van der Waals surface area (Å²) in [7, 11) is 2.53. The van der Waals surface area contributed by atoms with Crippen LogP contribution in [0.5, 0.6) is 0 Å². The first-order valence-corrected chi connectivity index (χ1v) is 25.0. The molecule has 0 aliphatic carbocycles. The quantitative estimate of drug-likeness (QED) is 0.128. The molecule has 0 unspecified atom stereocenters. The van der Waals surface area contributed by atoms with Gasteiger partial charge in [0.15, 0.2) is 0 Å². The number of carbonyl (C=O) groups excluding carboxylic acids is 10. The molecule has 0 atom stereocenters. The maximum absolute atomic E-state index is 11.9. The third-order valence-electron chi connectivity index (χ3n) is 7.72. The summed E-state index contributed by atoms with van der Waals surface area (Å²) in [5.74, 6) is -3.89. The molecule has 3 N–H and O–H groups in total. The van der Waals surface area contributed by atoms with Gasteiger partial charge < -0.3 is 20.0 Å². The number of halogens is 2. The van der Waals surface area contributed by atoms with E-state index in [1.165, 1.54) is 25.1 Å². The predicted molar refractivity (Wildman–Crippen MR) is 216 cm³/mol. The number of nitrogen functional groups attached to an aromatic ring is 1. The van der Waals surface area contributed by atoms with Crippen molar-refractivity contribution < 1.29 is 112 Å². The van der Waals surface area contributed by atoms with Crippen LogP contribution < -0.4 is 11.1 Å². The average Bonchev–Trinajstić information content (AvgIpc) is 4.09. The van der Waals surface area contributed by atoms with Gasteiger partial charge in [0.25, 0.3) is 35.4 Å². The molecule has 3 aliphatic heterocycles. The Labute approximate surface area is 388 Å². The van der Waals surface area contributed by atoms with Crippen molar-refractivity contribution in [1.82, 2.24) is 34.8 Å². The van der Waals surface area contributed by atoms with Crippen LogP contribution in [0.3, 0.4) is 0 Å². The topological polar surface area (TPSA) is 300 Å². The number of imide groups is 3. The minimum atomic E-state index is -1.48. The molecule has 60 heavy (non-hydrogen) atoms. The summed E-state index contributed by atoms with van der Waals surface area (Å²) in [6.45, 7) is 0. The maximum atomic E-state index is 11.9. The molecular weight excluding hydrogens is 1150 g/mol. The molecule has 3 fully saturated rings. The van der Waals surface area contributed by atoms with Crippen LogP contribution in [0.4, 0.5) is 30.6 Å². The van der Waals surface area contributed by atoms with E-state index >= 15 is 0 Å². The summed E-state index contributed by atoms with van der Waals surface area (Å²) in [4.78, 5) is 129. The average molecular weight is 1180 g/mol. The Kier molecular flexibility index (Phi) is 19.6. The number of hydrogen-bond acceptors (Lipinski definition) is 18. The normalized spacial score (nSPS) is 14.2. The van der Waals surface area contributed by atoms with Gasteiger partial charge in [0, 0.05) is 55.0 Å². The molecular formula is C33H33I2N9O15Xe. The van der Waals surface area contributed by atoms with Crippen LogP contribution >= 0.6 is 34.6 Å². The number of aromatic nitrogens is 4. The number of ether oxygens (including phenoxy) is 2. The van der Waals surface area contributed by atoms with Crippen LogP contribution in [0.1, 0.15) is 38.5 Å². The number of hydroxylamine groups is 6. The van der Waals surface area contributed by atoms with Gasteiger partial charge in [-0.3, -0.25) is 43.8 Å². The Hall–Kier alpha value is -4.89. The predicted octanol–water partition coefficient (Wildman–Crippen LogP) is 3.43. The van der Waals surface area contributed by atoms with Gasteiger partial charge in [-0.05, 0) is 29.2 Å². The number of methoxy groups -OCH3 is 2. The number of anilines is 2. The molecule has 7 amide bonds. The Balaban J connectivity index is 0.000000238. The molecule has 5 heterocycles. The van der Waals surface area contributed by atoms with E-state index in [2.05, 4.69) is 110 Å². The molecule has 0 saturated carbocycles. The third-order valence-corrected chi connectivity index (χ3v) is 7.72. The van der Waals surface area contributed by atoms with Crippen molar-refractivity contribution in [2.75, 3.05) is 30.2 Å². The summed E-state index contributed by atoms with van der Waals surface area (Å²) in [6, 6.07) is 10.0. The first kappa shape index (κ1) is 49.5. The standard InChI is InChI=1S/C14H12N4O6.C9H9N3O2.C9H8N2O7.CH3I.HIXe/c1-23-14(22)17-10-4-2-3-9(8(10)7-15-17)16-13(21)24-18-11(19)5-6-12(18)20;1-14-9(13)12-8-4-2-3-7(10)6(8)5-11-12;12-5-1-2-6(13)10(5)17-9(16)18-11-7(14)3-4-8(11)15;2*1-2/h2-4,7H,5-6H2,1H3,(H,16,21);2-5H,10H2,1H3;1-4H2;1H3;2H. The summed E-state index contributed by atoms with van der Waals surface area (Å²) in [5, 5.41) is 12.4. The fourth-order valence-electron chi connectivity index (χ4n) is 5.05. The summed E-state index contributed by atoms with van der Waals surface area (Å²) in [5.41, 5.74) is 7.66. The van der Waals surface area contributed by atoms with Gasteiger partial charge in [-0.1, -0.05) is 44.9 Å². The minimum Gasteiger partial charge on any atom is -0.293 e. The van der Waals surface area contributed by atoms with Gasteiger partial charge in [0.1, 0.15) is 0 Å². The third kappa shape index (κ3) is 12.3. The Morgan fingerprint density at radius 2 is 0.983 bits per heavy atom. The van der Waals surface area contributed by atoms with Crippen molar-refractivity contribution in [2.45, 2.75) is 38.5 Å². The van der Waals surface area contributed by atoms with Gasteiger partial charge in [-0.15, -0.1) is 5.06 Å². The molecule has 2 aromatic heterocycles. The number of fused-ring (bicyclic) bond motifs is 2. The fourth-order valence-corrected chi connectivity index (χ4v) is 5.05. The first-order chi connectivity index (χ1) is 28.7. The van der Waals surface area contributed by atoms with Crippen LogP contribution in [0.2, 0.25) is 0 Å². The number of hydrogen-bond donors (Lipinski definition) is 2. The Morgan fingerprint density at radius 1 is 0.617 bits per heavy atom. The van der Waals surface area contributed by atoms with Crippen molar-refractivity contribution in [3.05, 3.63) is 48.8 Å². The zero-order valence-corrected chi connectivity index (χ0v) is 37.8. The number of alkyl halides is 1. The fraction of sp³-hybridized carbons (Fsp3) is 0.273. The number of nitrogens with two attached hydrogens (primary N) is 1. The molecule has 0 spiro atoms. The maximum Gasteiger partial charge on any atom is 0.560 e. The molecule has 0 radical (unpaired) electrons. The molecule has 24 nitrogen and oxygen atoms in total. The molecule has 7 rings (SSSR count). The van der Waals surface area contributed by atoms with Gasteiger partial charge >= 0.3 is 76.9 Å². The molecule has 3 aliphatic rings. The van der Waals surface area contributed by atoms with Crippen LogP contribution in [-0.4, -0.2) is 114 Å². The molecule has 27 heteroatoms. The van der Waals surface area contributed by atoms with Crippen LogP contribution in [0.15, 0.2) is 48.8 Å². The van der Waals surface area contributed by atoms with Gasteiger partial charge in [0.2, 0.25) is 0 Å². The van der Waals surface area contributed by atoms with Gasteiger partial charge in [-0.2, -0.15) is 24.4 Å². The number of nitrogens with one attached hydrogen (secondary N) is 1. The van der Waals surface area contributed by atoms with Crippen LogP contribution in [0, 0.1) is 40.5 Å². The molecule has 322 valence electrons. The number of amides is 7. The van der Waals surface area contributed by atoms with E-state index in [1.807, 2.05) is 4.93 Å². The van der Waals surface area contributed by atoms with Gasteiger partial charge in [0.05, 0.1) is 43.3 Å². The van der Waals surface area contributed by atoms with E-state index in [1.54, 1.807) is 42.6 Å². The second kappa shape index (κ2) is 23.8. The Bertz CT molecular complexity index is 2230. The zero-order valence-electron chi connectivity index (χ0n) is 31.3. The van der Waals surface area contributed by atoms with E-state index in [4.69, 9.17) is 10.6 Å². The summed E-state index contributed by atoms with van der Waals surface area (Å²) < 4.78 is 11.4. The number of benzene rings is 2. The van der Waals surface area contributed by atoms with E-state index in [0.29, 0.717) is 32.9 Å². The van der Waals surface area contributed by atoms with Crippen molar-refractivity contribution in [3.8, 4) is 0 Å². The summed E-state index contributed by atoms with van der Waals surface area (Å²) >= 11 is 6.39. The first-order valence-electron chi connectivity index (χ1n) is 16.6. The van der Waals surface area contributed by atoms with E-state index in [0.717, 1.165) is 10.1 Å². The van der Waals surface area contributed by atoms with Gasteiger partial charge in [-0.25, -0.2) is 14.4 Å². The number of nitrogens with zero attached hydrogens (tertiary/aromatic N) is 7. The molecule has 2 aromatic carbocycles. The van der Waals surface area contributed by atoms with Crippen molar-refractivity contribution >= 4 is 128 Å². The number of rotatable bonds is 4. The zero-order chi connectivity index (χ0) is 44.7. The van der Waals surface area contributed by atoms with E-state index in [9.17, 15) is 47.9 Å². The monoisotopic (exact) mass is 1180 g/mol. The van der Waals surface area contributed by atoms with E-state index < -0.39 is 59.9 Å². The summed E-state index contributed by atoms with van der Waals surface area (Å²) in [6.07, 6.45) is -1.01. The van der Waals surface area contributed by atoms with Crippen molar-refractivity contribution in [1.29, 1.82) is 0 Å². The minimum absolute atomic E-state index is 0.00754. The second-order valence-electron chi connectivity index (χ2n) is 11.3. The smallest absolute Gasteiger partial charge is 0.293 e. The van der Waals surface area contributed by atoms with Crippen molar-refractivity contribution in [3.63, 3.8) is 0 Å². The largest absolute Gasteiger partial charge is 0.560 e. The van der Waals surface area contributed by atoms with Crippen LogP contribution in [-0.2, 0) is 52.8 Å². The number of carbonyl (C=O) groups is 10. The second-order valence-corrected chi connectivity index (χ2v) is 11.3. The molecule has 3 saturated heterocycles. The Morgan fingerprint density at radius 3 is 1.40 bits per heavy atom. The van der Waals surface area contributed by atoms with E-state index in [-0.39, 0.29) is 48.7 Å². The van der Waals surface area contributed by atoms with Crippen LogP contribution in [0.25, 0.3) is 21.8 Å². The SMILES string of the molecule is CI.COC(=O)n1ncc2c(N)cccc21.COC(=O)n1ncc2c(NC(=O)ON3C(=O)CCC3=O)cccc21.I[XeH].O=C(ON1C(=O)CCC1=O)ON1C(=O)CCC1=O. The molecule has 0 bridgehead atoms. The molecule has 4 aromatic rings.